The van der Waals surface area contributed by atoms with E-state index in [4.69, 9.17) is 11.6 Å². The molecule has 0 saturated carbocycles. The smallest absolute Gasteiger partial charge is 0.269 e. The second kappa shape index (κ2) is 6.05. The van der Waals surface area contributed by atoms with Crippen molar-refractivity contribution >= 4 is 17.5 Å². The molecule has 15 heavy (non-hydrogen) atoms. The number of hydrogen-bond donors (Lipinski definition) is 1. The van der Waals surface area contributed by atoms with Gasteiger partial charge >= 0.3 is 0 Å². The Kier molecular flexibility index (Phi) is 4.65. The summed E-state index contributed by atoms with van der Waals surface area (Å²) in [6.45, 7) is 2.30. The standard InChI is InChI=1S/C11H11ClN2O/c1-2-3-4-7-13-11(15)10-6-5-9(12)8-14-10/h5-6,8H,4,7H2,1H3,(H,13,15). The van der Waals surface area contributed by atoms with Gasteiger partial charge in [0.2, 0.25) is 0 Å². The number of halogens is 1. The Bertz CT molecular complexity index is 389. The van der Waals surface area contributed by atoms with Crippen LogP contribution >= 0.6 is 11.6 Å². The number of aromatic nitrogens is 1. The van der Waals surface area contributed by atoms with Gasteiger partial charge in [-0.15, -0.1) is 11.8 Å². The van der Waals surface area contributed by atoms with Gasteiger partial charge in [0.15, 0.2) is 0 Å². The van der Waals surface area contributed by atoms with Crippen LogP contribution in [0, 0.1) is 11.8 Å². The maximum absolute atomic E-state index is 11.5. The summed E-state index contributed by atoms with van der Waals surface area (Å²) in [5, 5.41) is 3.22. The van der Waals surface area contributed by atoms with E-state index in [0.29, 0.717) is 23.7 Å². The van der Waals surface area contributed by atoms with Crippen LogP contribution in [0.15, 0.2) is 18.3 Å². The van der Waals surface area contributed by atoms with Gasteiger partial charge in [0.25, 0.3) is 5.91 Å². The normalized spacial score (nSPS) is 8.93. The number of nitrogens with zero attached hydrogens (tertiary/aromatic N) is 1. The molecule has 1 rings (SSSR count). The Labute approximate surface area is 93.9 Å². The first-order valence-corrected chi connectivity index (χ1v) is 4.91. The molecule has 0 bridgehead atoms. The molecule has 0 radical (unpaired) electrons. The summed E-state index contributed by atoms with van der Waals surface area (Å²) < 4.78 is 0. The number of rotatable bonds is 3. The van der Waals surface area contributed by atoms with E-state index in [1.165, 1.54) is 6.20 Å². The molecule has 0 saturated heterocycles. The SMILES string of the molecule is CC#CCCNC(=O)c1ccc(Cl)cn1. The van der Waals surface area contributed by atoms with E-state index in [2.05, 4.69) is 22.1 Å². The fourth-order valence-electron chi connectivity index (χ4n) is 0.964. The van der Waals surface area contributed by atoms with Crippen molar-refractivity contribution in [2.75, 3.05) is 6.54 Å². The second-order valence-corrected chi connectivity index (χ2v) is 3.23. The summed E-state index contributed by atoms with van der Waals surface area (Å²) in [4.78, 5) is 15.4. The van der Waals surface area contributed by atoms with Gasteiger partial charge in [0.1, 0.15) is 5.69 Å². The van der Waals surface area contributed by atoms with Crippen LogP contribution in [-0.4, -0.2) is 17.4 Å². The van der Waals surface area contributed by atoms with Crippen molar-refractivity contribution in [2.24, 2.45) is 0 Å². The first-order valence-electron chi connectivity index (χ1n) is 4.53. The summed E-state index contributed by atoms with van der Waals surface area (Å²) in [5.74, 6) is 5.41. The van der Waals surface area contributed by atoms with Gasteiger partial charge in [-0.05, 0) is 19.1 Å². The largest absolute Gasteiger partial charge is 0.350 e. The molecule has 78 valence electrons. The molecule has 0 spiro atoms. The van der Waals surface area contributed by atoms with Crippen LogP contribution in [0.2, 0.25) is 5.02 Å². The third-order valence-corrected chi connectivity index (χ3v) is 1.90. The molecule has 1 heterocycles. The second-order valence-electron chi connectivity index (χ2n) is 2.79. The van der Waals surface area contributed by atoms with Crippen molar-refractivity contribution in [2.45, 2.75) is 13.3 Å². The van der Waals surface area contributed by atoms with E-state index in [1.54, 1.807) is 19.1 Å². The first kappa shape index (κ1) is 11.5. The van der Waals surface area contributed by atoms with Crippen molar-refractivity contribution < 1.29 is 4.79 Å². The highest BCUT2D eigenvalue weighted by atomic mass is 35.5. The van der Waals surface area contributed by atoms with Gasteiger partial charge in [0.05, 0.1) is 5.02 Å². The number of carbonyl (C=O) groups excluding carboxylic acids is 1. The predicted molar refractivity (Wildman–Crippen MR) is 59.6 cm³/mol. The fraction of sp³-hybridized carbons (Fsp3) is 0.273. The van der Waals surface area contributed by atoms with Crippen molar-refractivity contribution in [1.82, 2.24) is 10.3 Å². The first-order chi connectivity index (χ1) is 7.24. The topological polar surface area (TPSA) is 42.0 Å². The van der Waals surface area contributed by atoms with Gasteiger partial charge < -0.3 is 5.32 Å². The highest BCUT2D eigenvalue weighted by Crippen LogP contribution is 2.05. The van der Waals surface area contributed by atoms with Crippen molar-refractivity contribution in [3.8, 4) is 11.8 Å². The Morgan fingerprint density at radius 1 is 1.60 bits per heavy atom. The molecule has 0 unspecified atom stereocenters. The number of pyridine rings is 1. The van der Waals surface area contributed by atoms with Crippen LogP contribution in [-0.2, 0) is 0 Å². The lowest BCUT2D eigenvalue weighted by molar-refractivity contribution is 0.0949. The summed E-state index contributed by atoms with van der Waals surface area (Å²) in [7, 11) is 0. The molecule has 1 amide bonds. The zero-order valence-corrected chi connectivity index (χ0v) is 9.14. The van der Waals surface area contributed by atoms with Crippen LogP contribution in [0.5, 0.6) is 0 Å². The number of amides is 1. The third kappa shape index (κ3) is 4.01. The average molecular weight is 223 g/mol. The lowest BCUT2D eigenvalue weighted by Crippen LogP contribution is -2.24. The maximum atomic E-state index is 11.5. The lowest BCUT2D eigenvalue weighted by Gasteiger charge is -2.01. The molecule has 1 N–H and O–H groups in total. The number of carbonyl (C=O) groups is 1. The minimum absolute atomic E-state index is 0.204. The minimum atomic E-state index is -0.204. The Morgan fingerprint density at radius 2 is 2.40 bits per heavy atom. The fourth-order valence-corrected chi connectivity index (χ4v) is 1.08. The van der Waals surface area contributed by atoms with Gasteiger partial charge in [0, 0.05) is 19.2 Å². The Hall–Kier alpha value is -1.53. The minimum Gasteiger partial charge on any atom is -0.350 e. The van der Waals surface area contributed by atoms with E-state index in [-0.39, 0.29) is 5.91 Å². The molecule has 1 aromatic rings. The summed E-state index contributed by atoms with van der Waals surface area (Å²) in [5.41, 5.74) is 0.365. The van der Waals surface area contributed by atoms with E-state index in [9.17, 15) is 4.79 Å². The Morgan fingerprint density at radius 3 is 3.00 bits per heavy atom. The highest BCUT2D eigenvalue weighted by Gasteiger charge is 2.04. The molecule has 3 nitrogen and oxygen atoms in total. The molecular weight excluding hydrogens is 212 g/mol. The zero-order valence-electron chi connectivity index (χ0n) is 8.38. The van der Waals surface area contributed by atoms with Gasteiger partial charge in [-0.1, -0.05) is 11.6 Å². The van der Waals surface area contributed by atoms with Gasteiger partial charge in [-0.3, -0.25) is 4.79 Å². The van der Waals surface area contributed by atoms with Crippen molar-refractivity contribution in [1.29, 1.82) is 0 Å². The van der Waals surface area contributed by atoms with E-state index >= 15 is 0 Å². The molecule has 0 aliphatic heterocycles. The van der Waals surface area contributed by atoms with E-state index in [1.807, 2.05) is 0 Å². The monoisotopic (exact) mass is 222 g/mol. The van der Waals surface area contributed by atoms with E-state index in [0.717, 1.165) is 0 Å². The zero-order chi connectivity index (χ0) is 11.1. The van der Waals surface area contributed by atoms with Crippen LogP contribution in [0.25, 0.3) is 0 Å². The summed E-state index contributed by atoms with van der Waals surface area (Å²) in [6.07, 6.45) is 2.10. The summed E-state index contributed by atoms with van der Waals surface area (Å²) >= 11 is 5.65. The molecule has 0 aliphatic carbocycles. The van der Waals surface area contributed by atoms with Crippen molar-refractivity contribution in [3.05, 3.63) is 29.0 Å². The highest BCUT2D eigenvalue weighted by molar-refractivity contribution is 6.30. The number of hydrogen-bond acceptors (Lipinski definition) is 2. The molecule has 0 aliphatic rings. The Balaban J connectivity index is 2.46. The van der Waals surface area contributed by atoms with Crippen LogP contribution in [0.4, 0.5) is 0 Å². The lowest BCUT2D eigenvalue weighted by atomic mass is 10.3. The van der Waals surface area contributed by atoms with Crippen LogP contribution in [0.1, 0.15) is 23.8 Å². The molecule has 1 aromatic heterocycles. The van der Waals surface area contributed by atoms with Gasteiger partial charge in [-0.25, -0.2) is 4.98 Å². The molecule has 4 heteroatoms. The third-order valence-electron chi connectivity index (χ3n) is 1.67. The molecular formula is C11H11ClN2O. The predicted octanol–water partition coefficient (Wildman–Crippen LogP) is 1.88. The molecule has 0 aromatic carbocycles. The quantitative estimate of drug-likeness (QED) is 0.627. The number of nitrogens with one attached hydrogen (secondary N) is 1. The van der Waals surface area contributed by atoms with E-state index < -0.39 is 0 Å². The van der Waals surface area contributed by atoms with Gasteiger partial charge in [-0.2, -0.15) is 0 Å². The molecule has 0 fully saturated rings. The van der Waals surface area contributed by atoms with Crippen LogP contribution in [0.3, 0.4) is 0 Å². The van der Waals surface area contributed by atoms with Crippen LogP contribution < -0.4 is 5.32 Å². The maximum Gasteiger partial charge on any atom is 0.269 e. The van der Waals surface area contributed by atoms with Crippen molar-refractivity contribution in [3.63, 3.8) is 0 Å². The summed E-state index contributed by atoms with van der Waals surface area (Å²) in [6, 6.07) is 3.22. The molecule has 0 atom stereocenters. The average Bonchev–Trinajstić information content (AvgIpc) is 2.25.